The Hall–Kier alpha value is -1.09. The SMILES string of the molecule is NC(=S)N1CCC[C@H]1c1ccccc1. The third-order valence-electron chi connectivity index (χ3n) is 2.72. The molecule has 1 aliphatic rings. The lowest BCUT2D eigenvalue weighted by Crippen LogP contribution is -2.34. The zero-order valence-corrected chi connectivity index (χ0v) is 8.83. The molecule has 1 heterocycles. The standard InChI is InChI=1S/C11H14N2S/c12-11(14)13-8-4-7-10(13)9-5-2-1-3-6-9/h1-3,5-6,10H,4,7-8H2,(H2,12,14)/t10-/m0/s1. The van der Waals surface area contributed by atoms with Crippen LogP contribution < -0.4 is 5.73 Å². The van der Waals surface area contributed by atoms with E-state index in [0.717, 1.165) is 13.0 Å². The maximum Gasteiger partial charge on any atom is 0.166 e. The largest absolute Gasteiger partial charge is 0.376 e. The first-order valence-corrected chi connectivity index (χ1v) is 5.31. The van der Waals surface area contributed by atoms with E-state index in [1.165, 1.54) is 12.0 Å². The van der Waals surface area contributed by atoms with Crippen molar-refractivity contribution in [1.82, 2.24) is 4.90 Å². The summed E-state index contributed by atoms with van der Waals surface area (Å²) < 4.78 is 0. The number of nitrogens with zero attached hydrogens (tertiary/aromatic N) is 1. The third kappa shape index (κ3) is 1.73. The Morgan fingerprint density at radius 3 is 2.71 bits per heavy atom. The first-order valence-electron chi connectivity index (χ1n) is 4.90. The normalized spacial score (nSPS) is 21.1. The molecule has 74 valence electrons. The van der Waals surface area contributed by atoms with Crippen LogP contribution in [0.25, 0.3) is 0 Å². The fourth-order valence-corrected chi connectivity index (χ4v) is 2.27. The van der Waals surface area contributed by atoms with Gasteiger partial charge in [0, 0.05) is 6.54 Å². The molecule has 3 heteroatoms. The Kier molecular flexibility index (Phi) is 2.68. The van der Waals surface area contributed by atoms with Crippen LogP contribution in [0, 0.1) is 0 Å². The molecule has 2 rings (SSSR count). The van der Waals surface area contributed by atoms with Crippen LogP contribution in [-0.2, 0) is 0 Å². The second-order valence-corrected chi connectivity index (χ2v) is 4.02. The minimum Gasteiger partial charge on any atom is -0.376 e. The molecule has 1 aromatic carbocycles. The van der Waals surface area contributed by atoms with Crippen molar-refractivity contribution in [2.45, 2.75) is 18.9 Å². The minimum atomic E-state index is 0.397. The molecule has 0 aliphatic carbocycles. The number of hydrogen-bond donors (Lipinski definition) is 1. The first-order chi connectivity index (χ1) is 6.79. The van der Waals surface area contributed by atoms with Gasteiger partial charge >= 0.3 is 0 Å². The van der Waals surface area contributed by atoms with Crippen molar-refractivity contribution >= 4 is 17.3 Å². The van der Waals surface area contributed by atoms with Crippen molar-refractivity contribution in [1.29, 1.82) is 0 Å². The van der Waals surface area contributed by atoms with Gasteiger partial charge in [0.1, 0.15) is 0 Å². The van der Waals surface area contributed by atoms with Crippen LogP contribution in [0.1, 0.15) is 24.4 Å². The van der Waals surface area contributed by atoms with E-state index in [4.69, 9.17) is 18.0 Å². The Bertz CT molecular complexity index is 323. The van der Waals surface area contributed by atoms with Gasteiger partial charge in [-0.2, -0.15) is 0 Å². The highest BCUT2D eigenvalue weighted by Gasteiger charge is 2.26. The predicted molar refractivity (Wildman–Crippen MR) is 61.9 cm³/mol. The van der Waals surface area contributed by atoms with E-state index in [-0.39, 0.29) is 0 Å². The van der Waals surface area contributed by atoms with Gasteiger partial charge < -0.3 is 10.6 Å². The maximum absolute atomic E-state index is 5.68. The van der Waals surface area contributed by atoms with E-state index in [0.29, 0.717) is 11.2 Å². The van der Waals surface area contributed by atoms with Crippen molar-refractivity contribution in [3.05, 3.63) is 35.9 Å². The molecule has 1 aromatic rings. The number of rotatable bonds is 1. The number of thiocarbonyl (C=S) groups is 1. The second-order valence-electron chi connectivity index (χ2n) is 3.60. The molecule has 0 spiro atoms. The molecule has 0 unspecified atom stereocenters. The van der Waals surface area contributed by atoms with Crippen LogP contribution in [0.2, 0.25) is 0 Å². The smallest absolute Gasteiger partial charge is 0.166 e. The third-order valence-corrected chi connectivity index (χ3v) is 2.95. The van der Waals surface area contributed by atoms with Crippen molar-refractivity contribution < 1.29 is 0 Å². The van der Waals surface area contributed by atoms with E-state index in [2.05, 4.69) is 29.2 Å². The van der Waals surface area contributed by atoms with E-state index >= 15 is 0 Å². The fraction of sp³-hybridized carbons (Fsp3) is 0.364. The highest BCUT2D eigenvalue weighted by atomic mass is 32.1. The van der Waals surface area contributed by atoms with Gasteiger partial charge in [-0.25, -0.2) is 0 Å². The van der Waals surface area contributed by atoms with E-state index in [9.17, 15) is 0 Å². The van der Waals surface area contributed by atoms with Crippen LogP contribution >= 0.6 is 12.2 Å². The molecular formula is C11H14N2S. The molecule has 1 atom stereocenters. The van der Waals surface area contributed by atoms with Crippen LogP contribution in [0.15, 0.2) is 30.3 Å². The summed E-state index contributed by atoms with van der Waals surface area (Å²) in [7, 11) is 0. The van der Waals surface area contributed by atoms with Crippen molar-refractivity contribution in [3.8, 4) is 0 Å². The zero-order chi connectivity index (χ0) is 9.97. The highest BCUT2D eigenvalue weighted by Crippen LogP contribution is 2.31. The fourth-order valence-electron chi connectivity index (χ4n) is 2.05. The molecule has 1 fully saturated rings. The highest BCUT2D eigenvalue weighted by molar-refractivity contribution is 7.80. The number of hydrogen-bond acceptors (Lipinski definition) is 1. The summed E-state index contributed by atoms with van der Waals surface area (Å²) in [5.41, 5.74) is 7.00. The van der Waals surface area contributed by atoms with Gasteiger partial charge in [-0.05, 0) is 30.6 Å². The zero-order valence-electron chi connectivity index (χ0n) is 8.02. The molecule has 0 aromatic heterocycles. The Balaban J connectivity index is 2.22. The summed E-state index contributed by atoms with van der Waals surface area (Å²) in [5, 5.41) is 0.524. The van der Waals surface area contributed by atoms with Gasteiger partial charge in [-0.3, -0.25) is 0 Å². The average molecular weight is 206 g/mol. The molecule has 0 saturated carbocycles. The monoisotopic (exact) mass is 206 g/mol. The Labute approximate surface area is 89.7 Å². The minimum absolute atomic E-state index is 0.397. The van der Waals surface area contributed by atoms with Gasteiger partial charge in [0.25, 0.3) is 0 Å². The van der Waals surface area contributed by atoms with E-state index < -0.39 is 0 Å². The predicted octanol–water partition coefficient (Wildman–Crippen LogP) is 2.07. The molecular weight excluding hydrogens is 192 g/mol. The number of nitrogens with two attached hydrogens (primary N) is 1. The van der Waals surface area contributed by atoms with Gasteiger partial charge in [-0.15, -0.1) is 0 Å². The molecule has 1 saturated heterocycles. The molecule has 1 aliphatic heterocycles. The molecule has 2 N–H and O–H groups in total. The first kappa shape index (κ1) is 9.46. The Morgan fingerprint density at radius 1 is 1.36 bits per heavy atom. The number of likely N-dealkylation sites (tertiary alicyclic amines) is 1. The molecule has 0 amide bonds. The average Bonchev–Trinajstić information content (AvgIpc) is 2.67. The van der Waals surface area contributed by atoms with Gasteiger partial charge in [0.05, 0.1) is 6.04 Å². The summed E-state index contributed by atoms with van der Waals surface area (Å²) in [6.07, 6.45) is 2.33. The van der Waals surface area contributed by atoms with E-state index in [1.807, 2.05) is 6.07 Å². The van der Waals surface area contributed by atoms with Crippen molar-refractivity contribution in [2.75, 3.05) is 6.54 Å². The topological polar surface area (TPSA) is 29.3 Å². The lowest BCUT2D eigenvalue weighted by molar-refractivity contribution is 0.403. The van der Waals surface area contributed by atoms with Gasteiger partial charge in [0.15, 0.2) is 5.11 Å². The molecule has 0 radical (unpaired) electrons. The lowest BCUT2D eigenvalue weighted by atomic mass is 10.1. The van der Waals surface area contributed by atoms with Crippen LogP contribution in [0.4, 0.5) is 0 Å². The quantitative estimate of drug-likeness (QED) is 0.713. The van der Waals surface area contributed by atoms with Crippen molar-refractivity contribution in [2.24, 2.45) is 5.73 Å². The summed E-state index contributed by atoms with van der Waals surface area (Å²) >= 11 is 5.04. The Morgan fingerprint density at radius 2 is 2.07 bits per heavy atom. The number of benzene rings is 1. The van der Waals surface area contributed by atoms with E-state index in [1.54, 1.807) is 0 Å². The summed E-state index contributed by atoms with van der Waals surface area (Å²) in [6, 6.07) is 10.8. The summed E-state index contributed by atoms with van der Waals surface area (Å²) in [4.78, 5) is 2.12. The van der Waals surface area contributed by atoms with Crippen molar-refractivity contribution in [3.63, 3.8) is 0 Å². The molecule has 2 nitrogen and oxygen atoms in total. The van der Waals surface area contributed by atoms with Crippen LogP contribution in [-0.4, -0.2) is 16.6 Å². The second kappa shape index (κ2) is 3.96. The van der Waals surface area contributed by atoms with Crippen LogP contribution in [0.3, 0.4) is 0 Å². The van der Waals surface area contributed by atoms with Crippen LogP contribution in [0.5, 0.6) is 0 Å². The molecule has 0 bridgehead atoms. The van der Waals surface area contributed by atoms with Gasteiger partial charge in [0.2, 0.25) is 0 Å². The summed E-state index contributed by atoms with van der Waals surface area (Å²) in [6.45, 7) is 0.995. The lowest BCUT2D eigenvalue weighted by Gasteiger charge is -2.25. The summed E-state index contributed by atoms with van der Waals surface area (Å²) in [5.74, 6) is 0. The molecule has 14 heavy (non-hydrogen) atoms. The maximum atomic E-state index is 5.68. The van der Waals surface area contributed by atoms with Gasteiger partial charge in [-0.1, -0.05) is 30.3 Å².